The number of carbonyl (C=O) groups is 1. The van der Waals surface area contributed by atoms with E-state index in [9.17, 15) is 9.59 Å². The number of amides is 1. The molecule has 0 fully saturated rings. The number of hydrogen-bond donors (Lipinski definition) is 1. The van der Waals surface area contributed by atoms with Crippen molar-refractivity contribution in [2.45, 2.75) is 6.54 Å². The van der Waals surface area contributed by atoms with Crippen molar-refractivity contribution < 1.29 is 14.3 Å². The lowest BCUT2D eigenvalue weighted by Crippen LogP contribution is -2.27. The third kappa shape index (κ3) is 3.99. The summed E-state index contributed by atoms with van der Waals surface area (Å²) in [5, 5.41) is 7.48. The van der Waals surface area contributed by atoms with Gasteiger partial charge in [-0.2, -0.15) is 0 Å². The highest BCUT2D eigenvalue weighted by atomic mass is 32.1. The van der Waals surface area contributed by atoms with Crippen LogP contribution in [0.3, 0.4) is 0 Å². The van der Waals surface area contributed by atoms with Crippen LogP contribution in [-0.4, -0.2) is 29.7 Å². The van der Waals surface area contributed by atoms with Gasteiger partial charge in [-0.1, -0.05) is 36.4 Å². The van der Waals surface area contributed by atoms with Gasteiger partial charge in [0.25, 0.3) is 5.56 Å². The standard InChI is InChI=1S/C26H21N3O4S/c1-32-21-10-9-19(12-22(21)33-2)28-23(30)13-29-15-27-25-24(26(29)31)20(14-34-25)18-8-7-16-5-3-4-6-17(16)11-18/h3-12,14-15H,13H2,1-2H3,(H,28,30). The number of thiophene rings is 1. The summed E-state index contributed by atoms with van der Waals surface area (Å²) < 4.78 is 11.8. The van der Waals surface area contributed by atoms with Gasteiger partial charge in [0.15, 0.2) is 11.5 Å². The summed E-state index contributed by atoms with van der Waals surface area (Å²) in [7, 11) is 3.07. The Bertz CT molecular complexity index is 1590. The van der Waals surface area contributed by atoms with Crippen LogP contribution >= 0.6 is 11.3 Å². The van der Waals surface area contributed by atoms with Gasteiger partial charge in [0.1, 0.15) is 11.4 Å². The van der Waals surface area contributed by atoms with Gasteiger partial charge in [-0.25, -0.2) is 4.98 Å². The lowest BCUT2D eigenvalue weighted by Gasteiger charge is -2.11. The summed E-state index contributed by atoms with van der Waals surface area (Å²) in [5.41, 5.74) is 2.04. The Morgan fingerprint density at radius 1 is 1.00 bits per heavy atom. The molecule has 0 aliphatic rings. The van der Waals surface area contributed by atoms with E-state index in [1.807, 2.05) is 35.7 Å². The predicted octanol–water partition coefficient (Wildman–Crippen LogP) is 4.93. The van der Waals surface area contributed by atoms with E-state index in [2.05, 4.69) is 22.4 Å². The maximum atomic E-state index is 13.3. The molecule has 1 N–H and O–H groups in total. The average Bonchev–Trinajstić information content (AvgIpc) is 3.30. The molecule has 7 nitrogen and oxygen atoms in total. The van der Waals surface area contributed by atoms with Crippen LogP contribution in [0.4, 0.5) is 5.69 Å². The SMILES string of the molecule is COc1ccc(NC(=O)Cn2cnc3scc(-c4ccc5ccccc5c4)c3c2=O)cc1OC. The minimum atomic E-state index is -0.349. The Morgan fingerprint density at radius 2 is 1.79 bits per heavy atom. The number of anilines is 1. The predicted molar refractivity (Wildman–Crippen MR) is 135 cm³/mol. The number of aromatic nitrogens is 2. The Hall–Kier alpha value is -4.17. The van der Waals surface area contributed by atoms with Crippen LogP contribution < -0.4 is 20.3 Å². The quantitative estimate of drug-likeness (QED) is 0.380. The second kappa shape index (κ2) is 8.99. The number of ether oxygens (including phenoxy) is 2. The summed E-state index contributed by atoms with van der Waals surface area (Å²) in [5.74, 6) is 0.710. The highest BCUT2D eigenvalue weighted by Crippen LogP contribution is 2.33. The number of fused-ring (bicyclic) bond motifs is 2. The second-order valence-corrected chi connectivity index (χ2v) is 8.55. The zero-order chi connectivity index (χ0) is 23.7. The molecule has 1 amide bonds. The molecule has 0 unspecified atom stereocenters. The number of hydrogen-bond acceptors (Lipinski definition) is 6. The van der Waals surface area contributed by atoms with Crippen molar-refractivity contribution in [3.63, 3.8) is 0 Å². The summed E-state index contributed by atoms with van der Waals surface area (Å²) >= 11 is 1.42. The molecule has 3 aromatic carbocycles. The van der Waals surface area contributed by atoms with Gasteiger partial charge in [0, 0.05) is 22.7 Å². The molecule has 0 saturated heterocycles. The fraction of sp³-hybridized carbons (Fsp3) is 0.115. The minimum absolute atomic E-state index is 0.164. The van der Waals surface area contributed by atoms with Crippen LogP contribution in [0.2, 0.25) is 0 Å². The monoisotopic (exact) mass is 471 g/mol. The van der Waals surface area contributed by atoms with Crippen molar-refractivity contribution in [3.05, 3.63) is 82.7 Å². The number of nitrogens with zero attached hydrogens (tertiary/aromatic N) is 2. The van der Waals surface area contributed by atoms with E-state index >= 15 is 0 Å². The first kappa shape index (κ1) is 21.7. The van der Waals surface area contributed by atoms with Crippen LogP contribution in [0.1, 0.15) is 0 Å². The smallest absolute Gasteiger partial charge is 0.263 e. The molecule has 0 saturated carbocycles. The molecule has 5 aromatic rings. The van der Waals surface area contributed by atoms with Crippen molar-refractivity contribution >= 4 is 43.9 Å². The first-order valence-corrected chi connectivity index (χ1v) is 11.4. The molecular formula is C26H21N3O4S. The molecule has 8 heteroatoms. The highest BCUT2D eigenvalue weighted by Gasteiger charge is 2.15. The highest BCUT2D eigenvalue weighted by molar-refractivity contribution is 7.17. The van der Waals surface area contributed by atoms with Gasteiger partial charge in [-0.15, -0.1) is 11.3 Å². The molecule has 2 aromatic heterocycles. The van der Waals surface area contributed by atoms with Crippen molar-refractivity contribution in [1.82, 2.24) is 9.55 Å². The summed E-state index contributed by atoms with van der Waals surface area (Å²) in [6.45, 7) is -0.164. The number of carbonyl (C=O) groups excluding carboxylic acids is 1. The van der Waals surface area contributed by atoms with E-state index in [0.717, 1.165) is 21.9 Å². The lowest BCUT2D eigenvalue weighted by atomic mass is 10.0. The Kier molecular flexibility index (Phi) is 5.73. The third-order valence-electron chi connectivity index (χ3n) is 5.60. The van der Waals surface area contributed by atoms with Crippen LogP contribution in [0.25, 0.3) is 32.1 Å². The van der Waals surface area contributed by atoms with Crippen molar-refractivity contribution in [3.8, 4) is 22.6 Å². The van der Waals surface area contributed by atoms with Gasteiger partial charge in [0.05, 0.1) is 25.9 Å². The molecule has 170 valence electrons. The van der Waals surface area contributed by atoms with E-state index in [1.165, 1.54) is 29.3 Å². The van der Waals surface area contributed by atoms with E-state index in [1.54, 1.807) is 25.3 Å². The van der Waals surface area contributed by atoms with Gasteiger partial charge >= 0.3 is 0 Å². The number of methoxy groups -OCH3 is 2. The molecule has 2 heterocycles. The zero-order valence-corrected chi connectivity index (χ0v) is 19.4. The first-order chi connectivity index (χ1) is 16.6. The largest absolute Gasteiger partial charge is 0.493 e. The minimum Gasteiger partial charge on any atom is -0.493 e. The number of nitrogens with one attached hydrogen (secondary N) is 1. The second-order valence-electron chi connectivity index (χ2n) is 7.69. The Balaban J connectivity index is 1.45. The topological polar surface area (TPSA) is 82.5 Å². The summed E-state index contributed by atoms with van der Waals surface area (Å²) in [6, 6.07) is 19.3. The third-order valence-corrected chi connectivity index (χ3v) is 6.49. The zero-order valence-electron chi connectivity index (χ0n) is 18.6. The van der Waals surface area contributed by atoms with E-state index in [0.29, 0.717) is 27.4 Å². The molecule has 0 bridgehead atoms. The average molecular weight is 472 g/mol. The lowest BCUT2D eigenvalue weighted by molar-refractivity contribution is -0.116. The van der Waals surface area contributed by atoms with Gasteiger partial charge in [0.2, 0.25) is 5.91 Å². The molecule has 0 spiro atoms. The normalized spacial score (nSPS) is 11.0. The molecule has 0 atom stereocenters. The van der Waals surface area contributed by atoms with Gasteiger partial charge in [-0.05, 0) is 34.5 Å². The van der Waals surface area contributed by atoms with E-state index in [4.69, 9.17) is 9.47 Å². The Morgan fingerprint density at radius 3 is 2.59 bits per heavy atom. The molecular weight excluding hydrogens is 450 g/mol. The Labute approximate surface area is 199 Å². The van der Waals surface area contributed by atoms with Crippen molar-refractivity contribution in [1.29, 1.82) is 0 Å². The van der Waals surface area contributed by atoms with E-state index < -0.39 is 0 Å². The maximum absolute atomic E-state index is 13.3. The summed E-state index contributed by atoms with van der Waals surface area (Å²) in [4.78, 5) is 31.1. The fourth-order valence-electron chi connectivity index (χ4n) is 3.92. The molecule has 5 rings (SSSR count). The first-order valence-electron chi connectivity index (χ1n) is 10.5. The van der Waals surface area contributed by atoms with E-state index in [-0.39, 0.29) is 18.0 Å². The van der Waals surface area contributed by atoms with Crippen molar-refractivity contribution in [2.75, 3.05) is 19.5 Å². The van der Waals surface area contributed by atoms with Crippen LogP contribution in [0.15, 0.2) is 77.2 Å². The van der Waals surface area contributed by atoms with Crippen molar-refractivity contribution in [2.24, 2.45) is 0 Å². The maximum Gasteiger partial charge on any atom is 0.263 e. The molecule has 34 heavy (non-hydrogen) atoms. The number of rotatable bonds is 6. The fourth-order valence-corrected chi connectivity index (χ4v) is 4.83. The van der Waals surface area contributed by atoms with Gasteiger partial charge < -0.3 is 14.8 Å². The summed E-state index contributed by atoms with van der Waals surface area (Å²) in [6.07, 6.45) is 1.42. The number of benzene rings is 3. The van der Waals surface area contributed by atoms with Crippen LogP contribution in [0.5, 0.6) is 11.5 Å². The van der Waals surface area contributed by atoms with Gasteiger partial charge in [-0.3, -0.25) is 14.2 Å². The molecule has 0 aliphatic carbocycles. The van der Waals surface area contributed by atoms with Crippen LogP contribution in [-0.2, 0) is 11.3 Å². The molecule has 0 radical (unpaired) electrons. The van der Waals surface area contributed by atoms with Crippen LogP contribution in [0, 0.1) is 0 Å². The molecule has 0 aliphatic heterocycles.